The highest BCUT2D eigenvalue weighted by Crippen LogP contribution is 2.17. The molecular formula is C6H5ClN2OS. The third-order valence-electron chi connectivity index (χ3n) is 1.08. The summed E-state index contributed by atoms with van der Waals surface area (Å²) in [5.41, 5.74) is 0.272. The number of aromatic nitrogens is 2. The van der Waals surface area contributed by atoms with Crippen LogP contribution in [0.2, 0.25) is 0 Å². The molecule has 0 amide bonds. The average Bonchev–Trinajstić information content (AvgIpc) is 2.04. The number of nitrogens with zero attached hydrogens (tertiary/aromatic N) is 2. The first-order valence-corrected chi connectivity index (χ1v) is 4.40. The van der Waals surface area contributed by atoms with Gasteiger partial charge in [-0.2, -0.15) is 0 Å². The van der Waals surface area contributed by atoms with E-state index in [1.807, 2.05) is 6.26 Å². The van der Waals surface area contributed by atoms with Crippen molar-refractivity contribution >= 4 is 28.6 Å². The van der Waals surface area contributed by atoms with Crippen LogP contribution in [0, 0.1) is 0 Å². The summed E-state index contributed by atoms with van der Waals surface area (Å²) in [6.07, 6.45) is 4.70. The van der Waals surface area contributed by atoms with Crippen molar-refractivity contribution in [3.8, 4) is 0 Å². The molecule has 0 aliphatic heterocycles. The number of thioether (sulfide) groups is 1. The summed E-state index contributed by atoms with van der Waals surface area (Å²) in [6, 6.07) is 0. The lowest BCUT2D eigenvalue weighted by Crippen LogP contribution is -1.96. The quantitative estimate of drug-likeness (QED) is 0.522. The van der Waals surface area contributed by atoms with Gasteiger partial charge < -0.3 is 0 Å². The van der Waals surface area contributed by atoms with Gasteiger partial charge in [0.25, 0.3) is 5.24 Å². The van der Waals surface area contributed by atoms with E-state index in [0.29, 0.717) is 4.90 Å². The fourth-order valence-electron chi connectivity index (χ4n) is 0.614. The number of halogens is 1. The van der Waals surface area contributed by atoms with Crippen LogP contribution in [0.15, 0.2) is 17.4 Å². The molecule has 0 unspecified atom stereocenters. The van der Waals surface area contributed by atoms with Gasteiger partial charge in [0.15, 0.2) is 0 Å². The molecule has 5 heteroatoms. The van der Waals surface area contributed by atoms with Crippen molar-refractivity contribution in [2.45, 2.75) is 4.90 Å². The van der Waals surface area contributed by atoms with E-state index in [1.165, 1.54) is 18.1 Å². The molecule has 1 aromatic rings. The Labute approximate surface area is 73.2 Å². The second-order valence-corrected chi connectivity index (χ2v) is 2.90. The smallest absolute Gasteiger partial charge is 0.272 e. The third kappa shape index (κ3) is 1.91. The summed E-state index contributed by atoms with van der Waals surface area (Å²) >= 11 is 6.64. The van der Waals surface area contributed by atoms with E-state index in [4.69, 9.17) is 11.6 Å². The first-order valence-electron chi connectivity index (χ1n) is 2.79. The zero-order valence-corrected chi connectivity index (χ0v) is 7.32. The van der Waals surface area contributed by atoms with E-state index in [-0.39, 0.29) is 5.69 Å². The van der Waals surface area contributed by atoms with E-state index < -0.39 is 5.24 Å². The van der Waals surface area contributed by atoms with Gasteiger partial charge in [0, 0.05) is 6.20 Å². The summed E-state index contributed by atoms with van der Waals surface area (Å²) in [7, 11) is 0. The van der Waals surface area contributed by atoms with Crippen molar-refractivity contribution in [1.29, 1.82) is 0 Å². The fraction of sp³-hybridized carbons (Fsp3) is 0.167. The third-order valence-corrected chi connectivity index (χ3v) is 2.00. The maximum Gasteiger partial charge on any atom is 0.272 e. The largest absolute Gasteiger partial charge is 0.274 e. The summed E-state index contributed by atoms with van der Waals surface area (Å²) in [5.74, 6) is 0. The molecule has 0 radical (unpaired) electrons. The lowest BCUT2D eigenvalue weighted by molar-refractivity contribution is 0.107. The summed E-state index contributed by atoms with van der Waals surface area (Å²) < 4.78 is 0. The molecule has 0 saturated heterocycles. The first kappa shape index (κ1) is 8.49. The molecule has 11 heavy (non-hydrogen) atoms. The molecule has 0 bridgehead atoms. The Kier molecular flexibility index (Phi) is 2.84. The molecular weight excluding hydrogens is 184 g/mol. The average molecular weight is 189 g/mol. The Morgan fingerprint density at radius 1 is 1.73 bits per heavy atom. The lowest BCUT2D eigenvalue weighted by atomic mass is 10.4. The van der Waals surface area contributed by atoms with Crippen molar-refractivity contribution in [3.05, 3.63) is 18.2 Å². The zero-order chi connectivity index (χ0) is 8.27. The van der Waals surface area contributed by atoms with Gasteiger partial charge in [-0.1, -0.05) is 0 Å². The van der Waals surface area contributed by atoms with Crippen LogP contribution in [0.5, 0.6) is 0 Å². The van der Waals surface area contributed by atoms with E-state index in [0.717, 1.165) is 0 Å². The molecule has 0 N–H and O–H groups in total. The monoisotopic (exact) mass is 188 g/mol. The molecule has 0 fully saturated rings. The summed E-state index contributed by atoms with van der Waals surface area (Å²) in [4.78, 5) is 18.9. The van der Waals surface area contributed by atoms with Crippen molar-refractivity contribution in [1.82, 2.24) is 9.97 Å². The highest BCUT2D eigenvalue weighted by Gasteiger charge is 2.08. The second-order valence-electron chi connectivity index (χ2n) is 1.71. The maximum atomic E-state index is 10.7. The van der Waals surface area contributed by atoms with Crippen LogP contribution >= 0.6 is 23.4 Å². The van der Waals surface area contributed by atoms with Crippen LogP contribution in [-0.4, -0.2) is 21.5 Å². The van der Waals surface area contributed by atoms with Crippen molar-refractivity contribution in [3.63, 3.8) is 0 Å². The van der Waals surface area contributed by atoms with Crippen molar-refractivity contribution in [2.75, 3.05) is 6.26 Å². The van der Waals surface area contributed by atoms with Gasteiger partial charge in [-0.3, -0.25) is 4.79 Å². The minimum absolute atomic E-state index is 0.272. The standard InChI is InChI=1S/C6H5ClN2OS/c1-11-4-2-8-3-9-5(4)6(7)10/h2-3H,1H3. The number of carbonyl (C=O) groups excluding carboxylic acids is 1. The van der Waals surface area contributed by atoms with Gasteiger partial charge in [0.2, 0.25) is 0 Å². The van der Waals surface area contributed by atoms with Gasteiger partial charge in [-0.15, -0.1) is 11.8 Å². The van der Waals surface area contributed by atoms with Gasteiger partial charge in [0.05, 0.1) is 4.90 Å². The van der Waals surface area contributed by atoms with E-state index in [9.17, 15) is 4.79 Å². The Bertz CT molecular complexity index is 279. The van der Waals surface area contributed by atoms with Crippen molar-refractivity contribution in [2.24, 2.45) is 0 Å². The Balaban J connectivity index is 3.12. The number of hydrogen-bond donors (Lipinski definition) is 0. The van der Waals surface area contributed by atoms with E-state index >= 15 is 0 Å². The molecule has 0 atom stereocenters. The van der Waals surface area contributed by atoms with E-state index in [2.05, 4.69) is 9.97 Å². The SMILES string of the molecule is CSc1cncnc1C(=O)Cl. The predicted molar refractivity (Wildman–Crippen MR) is 44.0 cm³/mol. The number of hydrogen-bond acceptors (Lipinski definition) is 4. The molecule has 1 heterocycles. The molecule has 0 aliphatic rings. The van der Waals surface area contributed by atoms with Crippen LogP contribution in [0.1, 0.15) is 10.5 Å². The Morgan fingerprint density at radius 2 is 2.45 bits per heavy atom. The molecule has 58 valence electrons. The number of rotatable bonds is 2. The van der Waals surface area contributed by atoms with Gasteiger partial charge in [-0.25, -0.2) is 9.97 Å². The minimum Gasteiger partial charge on any atom is -0.274 e. The summed E-state index contributed by atoms with van der Waals surface area (Å²) in [6.45, 7) is 0. The summed E-state index contributed by atoms with van der Waals surface area (Å²) in [5, 5.41) is -0.545. The van der Waals surface area contributed by atoms with Gasteiger partial charge in [-0.05, 0) is 17.9 Å². The normalized spacial score (nSPS) is 9.64. The molecule has 0 aliphatic carbocycles. The van der Waals surface area contributed by atoms with E-state index in [1.54, 1.807) is 6.20 Å². The predicted octanol–water partition coefficient (Wildman–Crippen LogP) is 1.58. The molecule has 0 aromatic carbocycles. The van der Waals surface area contributed by atoms with Gasteiger partial charge >= 0.3 is 0 Å². The van der Waals surface area contributed by atoms with Crippen LogP contribution in [0.3, 0.4) is 0 Å². The van der Waals surface area contributed by atoms with Crippen LogP contribution in [0.25, 0.3) is 0 Å². The zero-order valence-electron chi connectivity index (χ0n) is 5.74. The van der Waals surface area contributed by atoms with Crippen molar-refractivity contribution < 1.29 is 4.79 Å². The molecule has 1 rings (SSSR count). The number of carbonyl (C=O) groups is 1. The van der Waals surface area contributed by atoms with Crippen LogP contribution < -0.4 is 0 Å². The highest BCUT2D eigenvalue weighted by molar-refractivity contribution is 7.98. The van der Waals surface area contributed by atoms with Crippen LogP contribution in [-0.2, 0) is 0 Å². The second kappa shape index (κ2) is 3.69. The highest BCUT2D eigenvalue weighted by atomic mass is 35.5. The topological polar surface area (TPSA) is 42.9 Å². The maximum absolute atomic E-state index is 10.7. The Hall–Kier alpha value is -0.610. The van der Waals surface area contributed by atoms with Gasteiger partial charge in [0.1, 0.15) is 12.0 Å². The molecule has 3 nitrogen and oxygen atoms in total. The molecule has 1 aromatic heterocycles. The Morgan fingerprint density at radius 3 is 2.91 bits per heavy atom. The minimum atomic E-state index is -0.545. The first-order chi connectivity index (χ1) is 5.25. The lowest BCUT2D eigenvalue weighted by Gasteiger charge is -1.97. The molecule has 0 saturated carbocycles. The van der Waals surface area contributed by atoms with Crippen LogP contribution in [0.4, 0.5) is 0 Å². The molecule has 0 spiro atoms. The fourth-order valence-corrected chi connectivity index (χ4v) is 1.33.